The van der Waals surface area contributed by atoms with E-state index in [9.17, 15) is 14.7 Å². The molecule has 0 bridgehead atoms. The predicted octanol–water partition coefficient (Wildman–Crippen LogP) is 3.56. The van der Waals surface area contributed by atoms with E-state index in [1.165, 1.54) is 11.3 Å². The summed E-state index contributed by atoms with van der Waals surface area (Å²) < 4.78 is 11.3. The summed E-state index contributed by atoms with van der Waals surface area (Å²) in [6.45, 7) is 8.27. The third kappa shape index (κ3) is 4.62. The minimum absolute atomic E-state index is 0.151. The third-order valence-electron chi connectivity index (χ3n) is 4.47. The van der Waals surface area contributed by atoms with Crippen molar-refractivity contribution < 1.29 is 24.2 Å². The maximum atomic E-state index is 12.2. The fourth-order valence-corrected chi connectivity index (χ4v) is 4.35. The van der Waals surface area contributed by atoms with Crippen LogP contribution in [0.2, 0.25) is 0 Å². The van der Waals surface area contributed by atoms with Gasteiger partial charge >= 0.3 is 12.1 Å². The van der Waals surface area contributed by atoms with E-state index in [0.717, 1.165) is 15.2 Å². The van der Waals surface area contributed by atoms with Crippen LogP contribution in [-0.4, -0.2) is 58.5 Å². The van der Waals surface area contributed by atoms with Gasteiger partial charge in [-0.3, -0.25) is 0 Å². The lowest BCUT2D eigenvalue weighted by Crippen LogP contribution is -2.47. The van der Waals surface area contributed by atoms with Crippen molar-refractivity contribution in [2.45, 2.75) is 51.7 Å². The maximum absolute atomic E-state index is 12.2. The molecule has 28 heavy (non-hydrogen) atoms. The van der Waals surface area contributed by atoms with Crippen LogP contribution in [0.5, 0.6) is 0 Å². The van der Waals surface area contributed by atoms with Crippen molar-refractivity contribution in [3.63, 3.8) is 0 Å². The quantitative estimate of drug-likeness (QED) is 0.784. The lowest BCUT2D eigenvalue weighted by Gasteiger charge is -2.35. The zero-order valence-electron chi connectivity index (χ0n) is 16.6. The molecule has 1 aromatic carbocycles. The standard InChI is InChI=1S/C20H26N2O5S/c1-5-26-18(24)12-6-7-14-16(10-12)28-17(21-14)13-8-9-22(11-15(13)23)19(25)27-20(2,3)4/h6-7,10,13,15,23H,5,8-9,11H2,1-4H3/t13-,15-/m1/s1. The number of β-amino-alcohol motifs (C(OH)–C–C–N with tert-alkyl or cyclic N) is 1. The van der Waals surface area contributed by atoms with Crippen LogP contribution in [0.15, 0.2) is 18.2 Å². The number of thiazole rings is 1. The minimum Gasteiger partial charge on any atom is -0.462 e. The fourth-order valence-electron chi connectivity index (χ4n) is 3.15. The smallest absolute Gasteiger partial charge is 0.410 e. The molecule has 0 saturated carbocycles. The van der Waals surface area contributed by atoms with Crippen molar-refractivity contribution in [2.24, 2.45) is 0 Å². The molecule has 1 fully saturated rings. The predicted molar refractivity (Wildman–Crippen MR) is 107 cm³/mol. The first-order chi connectivity index (χ1) is 13.2. The number of amides is 1. The minimum atomic E-state index is -0.716. The summed E-state index contributed by atoms with van der Waals surface area (Å²) in [5.41, 5.74) is 0.711. The number of hydrogen-bond donors (Lipinski definition) is 1. The Labute approximate surface area is 168 Å². The molecule has 2 atom stereocenters. The Balaban J connectivity index is 1.73. The largest absolute Gasteiger partial charge is 0.462 e. The fraction of sp³-hybridized carbons (Fsp3) is 0.550. The number of fused-ring (bicyclic) bond motifs is 1. The van der Waals surface area contributed by atoms with Gasteiger partial charge in [-0.2, -0.15) is 0 Å². The number of benzene rings is 1. The van der Waals surface area contributed by atoms with Gasteiger partial charge in [0.05, 0.1) is 40.0 Å². The van der Waals surface area contributed by atoms with Crippen molar-refractivity contribution in [1.29, 1.82) is 0 Å². The van der Waals surface area contributed by atoms with Crippen LogP contribution in [0.3, 0.4) is 0 Å². The molecular weight excluding hydrogens is 380 g/mol. The summed E-state index contributed by atoms with van der Waals surface area (Å²) in [5, 5.41) is 11.4. The molecule has 1 N–H and O–H groups in total. The van der Waals surface area contributed by atoms with Gasteiger partial charge in [0.2, 0.25) is 0 Å². The number of aliphatic hydroxyl groups is 1. The zero-order chi connectivity index (χ0) is 20.5. The first-order valence-corrected chi connectivity index (χ1v) is 10.2. The average Bonchev–Trinajstić information content (AvgIpc) is 3.03. The molecule has 0 radical (unpaired) electrons. The van der Waals surface area contributed by atoms with Crippen LogP contribution >= 0.6 is 11.3 Å². The molecule has 1 aromatic heterocycles. The van der Waals surface area contributed by atoms with Crippen molar-refractivity contribution in [3.05, 3.63) is 28.8 Å². The van der Waals surface area contributed by atoms with Gasteiger partial charge in [-0.25, -0.2) is 14.6 Å². The number of likely N-dealkylation sites (tertiary alicyclic amines) is 1. The van der Waals surface area contributed by atoms with E-state index < -0.39 is 17.8 Å². The SMILES string of the molecule is CCOC(=O)c1ccc2nc([C@@H]3CCN(C(=O)OC(C)(C)C)C[C@H]3O)sc2c1. The topological polar surface area (TPSA) is 89.0 Å². The monoisotopic (exact) mass is 406 g/mol. The van der Waals surface area contributed by atoms with Gasteiger partial charge in [0, 0.05) is 12.5 Å². The second-order valence-corrected chi connectivity index (χ2v) is 8.91. The Hall–Kier alpha value is -2.19. The molecule has 0 aliphatic carbocycles. The summed E-state index contributed by atoms with van der Waals surface area (Å²) in [6, 6.07) is 5.27. The van der Waals surface area contributed by atoms with Crippen LogP contribution in [0.1, 0.15) is 55.4 Å². The van der Waals surface area contributed by atoms with E-state index >= 15 is 0 Å². The first-order valence-electron chi connectivity index (χ1n) is 9.41. The summed E-state index contributed by atoms with van der Waals surface area (Å²) in [7, 11) is 0. The number of aromatic nitrogens is 1. The maximum Gasteiger partial charge on any atom is 0.410 e. The number of hydrogen-bond acceptors (Lipinski definition) is 7. The van der Waals surface area contributed by atoms with Gasteiger partial charge in [-0.1, -0.05) is 0 Å². The number of rotatable bonds is 3. The number of carbonyl (C=O) groups is 2. The van der Waals surface area contributed by atoms with Crippen molar-refractivity contribution in [3.8, 4) is 0 Å². The highest BCUT2D eigenvalue weighted by Crippen LogP contribution is 2.35. The molecule has 1 aliphatic rings. The second kappa shape index (κ2) is 8.05. The number of piperidine rings is 1. The lowest BCUT2D eigenvalue weighted by molar-refractivity contribution is -0.00152. The number of aliphatic hydroxyl groups excluding tert-OH is 1. The summed E-state index contributed by atoms with van der Waals surface area (Å²) in [4.78, 5) is 30.3. The Bertz CT molecular complexity index is 873. The van der Waals surface area contributed by atoms with Crippen LogP contribution < -0.4 is 0 Å². The molecule has 3 rings (SSSR count). The van der Waals surface area contributed by atoms with Crippen LogP contribution in [-0.2, 0) is 9.47 Å². The van der Waals surface area contributed by atoms with Crippen molar-refractivity contribution >= 4 is 33.6 Å². The molecule has 1 saturated heterocycles. The Kier molecular flexibility index (Phi) is 5.90. The zero-order valence-corrected chi connectivity index (χ0v) is 17.4. The van der Waals surface area contributed by atoms with E-state index in [-0.39, 0.29) is 18.4 Å². The molecule has 1 aliphatic heterocycles. The normalized spacial score (nSPS) is 20.2. The van der Waals surface area contributed by atoms with E-state index in [2.05, 4.69) is 4.98 Å². The van der Waals surface area contributed by atoms with Gasteiger partial charge in [-0.15, -0.1) is 11.3 Å². The Morgan fingerprint density at radius 3 is 2.75 bits per heavy atom. The summed E-state index contributed by atoms with van der Waals surface area (Å²) >= 11 is 1.46. The third-order valence-corrected chi connectivity index (χ3v) is 5.62. The number of ether oxygens (including phenoxy) is 2. The second-order valence-electron chi connectivity index (χ2n) is 7.84. The highest BCUT2D eigenvalue weighted by Gasteiger charge is 2.34. The highest BCUT2D eigenvalue weighted by atomic mass is 32.1. The van der Waals surface area contributed by atoms with E-state index in [0.29, 0.717) is 25.1 Å². The summed E-state index contributed by atoms with van der Waals surface area (Å²) in [5.74, 6) is -0.507. The Morgan fingerprint density at radius 2 is 2.11 bits per heavy atom. The molecule has 1 amide bonds. The van der Waals surface area contributed by atoms with Crippen LogP contribution in [0.4, 0.5) is 4.79 Å². The Morgan fingerprint density at radius 1 is 1.36 bits per heavy atom. The number of nitrogens with zero attached hydrogens (tertiary/aromatic N) is 2. The molecule has 152 valence electrons. The first kappa shape index (κ1) is 20.5. The van der Waals surface area contributed by atoms with Gasteiger partial charge in [0.25, 0.3) is 0 Å². The summed E-state index contributed by atoms with van der Waals surface area (Å²) in [6.07, 6.45) is -0.523. The molecule has 0 unspecified atom stereocenters. The van der Waals surface area contributed by atoms with E-state index in [4.69, 9.17) is 9.47 Å². The van der Waals surface area contributed by atoms with E-state index in [1.54, 1.807) is 30.0 Å². The molecule has 2 heterocycles. The van der Waals surface area contributed by atoms with Crippen molar-refractivity contribution in [1.82, 2.24) is 9.88 Å². The molecule has 2 aromatic rings. The van der Waals surface area contributed by atoms with Gasteiger partial charge in [0.1, 0.15) is 5.60 Å². The highest BCUT2D eigenvalue weighted by molar-refractivity contribution is 7.18. The molecule has 8 heteroatoms. The number of esters is 1. The van der Waals surface area contributed by atoms with E-state index in [1.807, 2.05) is 20.8 Å². The molecular formula is C20H26N2O5S. The lowest BCUT2D eigenvalue weighted by atomic mass is 9.95. The van der Waals surface area contributed by atoms with Gasteiger partial charge in [-0.05, 0) is 52.3 Å². The average molecular weight is 407 g/mol. The van der Waals surface area contributed by atoms with Gasteiger partial charge < -0.3 is 19.5 Å². The van der Waals surface area contributed by atoms with Crippen LogP contribution in [0, 0.1) is 0 Å². The van der Waals surface area contributed by atoms with Crippen molar-refractivity contribution in [2.75, 3.05) is 19.7 Å². The molecule has 0 spiro atoms. The van der Waals surface area contributed by atoms with Crippen LogP contribution in [0.25, 0.3) is 10.2 Å². The number of carbonyl (C=O) groups excluding carboxylic acids is 2. The molecule has 7 nitrogen and oxygen atoms in total. The van der Waals surface area contributed by atoms with Gasteiger partial charge in [0.15, 0.2) is 0 Å².